The molecular weight excluding hydrogens is 242 g/mol. The van der Waals surface area contributed by atoms with Gasteiger partial charge in [-0.2, -0.15) is 0 Å². The smallest absolute Gasteiger partial charge is 0.348 e. The summed E-state index contributed by atoms with van der Waals surface area (Å²) in [6.07, 6.45) is 1.17. The fourth-order valence-corrected chi connectivity index (χ4v) is 1.81. The minimum absolute atomic E-state index is 0.0625. The number of carbonyl (C=O) groups is 2. The van der Waals surface area contributed by atoms with Crippen molar-refractivity contribution in [3.63, 3.8) is 0 Å². The molecule has 1 aromatic rings. The Morgan fingerprint density at radius 3 is 2.47 bits per heavy atom. The first-order chi connectivity index (χ1) is 7.93. The van der Waals surface area contributed by atoms with Gasteiger partial charge in [0.25, 0.3) is 0 Å². The Bertz CT molecular complexity index is 509. The number of thiophene rings is 1. The second kappa shape index (κ2) is 5.40. The van der Waals surface area contributed by atoms with Crippen molar-refractivity contribution in [1.82, 2.24) is 0 Å². The normalized spacial score (nSPS) is 12.6. The van der Waals surface area contributed by atoms with Crippen LogP contribution in [-0.2, 0) is 4.79 Å². The molecule has 17 heavy (non-hydrogen) atoms. The number of carbonyl (C=O) groups excluding carboxylic acids is 1. The first-order valence-electron chi connectivity index (χ1n) is 4.69. The number of rotatable bonds is 4. The Hall–Kier alpha value is -1.95. The number of carboxylic acid groups (broad SMARTS) is 1. The molecule has 0 aromatic carbocycles. The molecule has 0 fully saturated rings. The van der Waals surface area contributed by atoms with Crippen LogP contribution in [0.5, 0.6) is 0 Å². The predicted octanol–water partition coefficient (Wildman–Crippen LogP) is 2.57. The lowest BCUT2D eigenvalue weighted by atomic mass is 10.2. The lowest BCUT2D eigenvalue weighted by Gasteiger charge is -1.97. The van der Waals surface area contributed by atoms with Crippen LogP contribution in [0.3, 0.4) is 0 Å². The first kappa shape index (κ1) is 13.1. The summed E-state index contributed by atoms with van der Waals surface area (Å²) in [6.45, 7) is 2.67. The zero-order chi connectivity index (χ0) is 13.0. The molecule has 0 spiro atoms. The Kier molecular flexibility index (Phi) is 4.17. The summed E-state index contributed by atoms with van der Waals surface area (Å²) in [5.74, 6) is -1.55. The van der Waals surface area contributed by atoms with Gasteiger partial charge in [0.05, 0.1) is 11.3 Å². The van der Waals surface area contributed by atoms with Crippen molar-refractivity contribution in [2.75, 3.05) is 0 Å². The van der Waals surface area contributed by atoms with Crippen LogP contribution in [0.1, 0.15) is 23.5 Å². The van der Waals surface area contributed by atoms with Gasteiger partial charge in [0.15, 0.2) is 5.78 Å². The summed E-state index contributed by atoms with van der Waals surface area (Å²) in [5, 5.41) is 19.7. The number of aromatic carboxylic acids is 1. The van der Waals surface area contributed by atoms with Gasteiger partial charge >= 0.3 is 5.97 Å². The molecule has 0 radical (unpaired) electrons. The standard InChI is InChI=1S/C11H11NO4S/c1-6(13)8(7(2)14)5-12-9-3-4-17-10(9)11(15)16/h3-5,13H,1-2H3,(H,15,16). The number of carboxylic acids is 1. The highest BCUT2D eigenvalue weighted by Gasteiger charge is 2.11. The highest BCUT2D eigenvalue weighted by atomic mass is 32.1. The van der Waals surface area contributed by atoms with Crippen molar-refractivity contribution in [2.45, 2.75) is 13.8 Å². The summed E-state index contributed by atoms with van der Waals surface area (Å²) in [7, 11) is 0. The zero-order valence-electron chi connectivity index (χ0n) is 9.30. The minimum Gasteiger partial charge on any atom is -0.512 e. The van der Waals surface area contributed by atoms with Gasteiger partial charge in [0.2, 0.25) is 0 Å². The molecule has 6 heteroatoms. The predicted molar refractivity (Wildman–Crippen MR) is 65.4 cm³/mol. The largest absolute Gasteiger partial charge is 0.512 e. The van der Waals surface area contributed by atoms with E-state index in [-0.39, 0.29) is 27.7 Å². The molecule has 0 amide bonds. The van der Waals surface area contributed by atoms with Gasteiger partial charge in [-0.1, -0.05) is 0 Å². The topological polar surface area (TPSA) is 87.0 Å². The third-order valence-corrected chi connectivity index (χ3v) is 2.83. The highest BCUT2D eigenvalue weighted by molar-refractivity contribution is 7.12. The van der Waals surface area contributed by atoms with Crippen molar-refractivity contribution < 1.29 is 19.8 Å². The van der Waals surface area contributed by atoms with Gasteiger partial charge in [-0.15, -0.1) is 11.3 Å². The summed E-state index contributed by atoms with van der Waals surface area (Å²) < 4.78 is 0. The molecule has 2 N–H and O–H groups in total. The minimum atomic E-state index is -1.07. The Labute approximate surface area is 102 Å². The maximum atomic E-state index is 11.1. The average molecular weight is 253 g/mol. The fraction of sp³-hybridized carbons (Fsp3) is 0.182. The third kappa shape index (κ3) is 3.25. The van der Waals surface area contributed by atoms with E-state index in [2.05, 4.69) is 4.99 Å². The Balaban J connectivity index is 3.06. The summed E-state index contributed by atoms with van der Waals surface area (Å²) >= 11 is 1.05. The van der Waals surface area contributed by atoms with E-state index in [1.54, 1.807) is 5.38 Å². The van der Waals surface area contributed by atoms with Gasteiger partial charge in [-0.25, -0.2) is 4.79 Å². The first-order valence-corrected chi connectivity index (χ1v) is 5.57. The molecule has 1 rings (SSSR count). The van der Waals surface area contributed by atoms with Crippen LogP contribution in [0.25, 0.3) is 0 Å². The molecule has 0 atom stereocenters. The van der Waals surface area contributed by atoms with Gasteiger partial charge in [0.1, 0.15) is 10.6 Å². The number of hydrogen-bond acceptors (Lipinski definition) is 5. The van der Waals surface area contributed by atoms with E-state index in [0.717, 1.165) is 11.3 Å². The van der Waals surface area contributed by atoms with E-state index >= 15 is 0 Å². The van der Waals surface area contributed by atoms with E-state index < -0.39 is 5.97 Å². The van der Waals surface area contributed by atoms with E-state index in [0.29, 0.717) is 0 Å². The van der Waals surface area contributed by atoms with Gasteiger partial charge < -0.3 is 10.2 Å². The fourth-order valence-electron chi connectivity index (χ4n) is 1.14. The van der Waals surface area contributed by atoms with Crippen LogP contribution in [0.15, 0.2) is 27.8 Å². The molecule has 0 aliphatic heterocycles. The molecule has 0 saturated heterocycles. The Morgan fingerprint density at radius 1 is 1.35 bits per heavy atom. The van der Waals surface area contributed by atoms with E-state index in [1.165, 1.54) is 26.1 Å². The van der Waals surface area contributed by atoms with Crippen LogP contribution in [0, 0.1) is 0 Å². The summed E-state index contributed by atoms with van der Waals surface area (Å²) in [5.41, 5.74) is 0.329. The molecule has 0 aliphatic rings. The van der Waals surface area contributed by atoms with Crippen LogP contribution >= 0.6 is 11.3 Å². The van der Waals surface area contributed by atoms with Gasteiger partial charge in [0, 0.05) is 6.21 Å². The van der Waals surface area contributed by atoms with E-state index in [9.17, 15) is 14.7 Å². The maximum absolute atomic E-state index is 11.1. The molecule has 1 aromatic heterocycles. The number of aliphatic imine (C=N–C) groups is 1. The molecule has 90 valence electrons. The number of nitrogens with zero attached hydrogens (tertiary/aromatic N) is 1. The molecule has 0 unspecified atom stereocenters. The summed E-state index contributed by atoms with van der Waals surface area (Å²) in [6, 6.07) is 1.54. The van der Waals surface area contributed by atoms with Crippen molar-refractivity contribution in [1.29, 1.82) is 0 Å². The van der Waals surface area contributed by atoms with E-state index in [1.807, 2.05) is 0 Å². The molecular formula is C11H11NO4S. The van der Waals surface area contributed by atoms with Crippen LogP contribution in [-0.4, -0.2) is 28.2 Å². The van der Waals surface area contributed by atoms with Crippen molar-refractivity contribution >= 4 is 35.0 Å². The molecule has 1 heterocycles. The average Bonchev–Trinajstić information content (AvgIpc) is 2.64. The molecule has 5 nitrogen and oxygen atoms in total. The van der Waals surface area contributed by atoms with Gasteiger partial charge in [-0.05, 0) is 25.3 Å². The second-order valence-corrected chi connectivity index (χ2v) is 4.17. The monoisotopic (exact) mass is 253 g/mol. The van der Waals surface area contributed by atoms with Crippen LogP contribution in [0.2, 0.25) is 0 Å². The SMILES string of the molecule is CC(=O)C(C=Nc1ccsc1C(=O)O)=C(C)O. The maximum Gasteiger partial charge on any atom is 0.348 e. The molecule has 0 bridgehead atoms. The lowest BCUT2D eigenvalue weighted by molar-refractivity contribution is -0.113. The second-order valence-electron chi connectivity index (χ2n) is 3.25. The number of aliphatic hydroxyl groups is 1. The van der Waals surface area contributed by atoms with E-state index in [4.69, 9.17) is 5.11 Å². The summed E-state index contributed by atoms with van der Waals surface area (Å²) in [4.78, 5) is 25.9. The van der Waals surface area contributed by atoms with Crippen molar-refractivity contribution in [2.24, 2.45) is 4.99 Å². The van der Waals surface area contributed by atoms with Crippen LogP contribution in [0.4, 0.5) is 5.69 Å². The molecule has 0 saturated carbocycles. The quantitative estimate of drug-likeness (QED) is 0.490. The third-order valence-electron chi connectivity index (χ3n) is 1.94. The van der Waals surface area contributed by atoms with Crippen molar-refractivity contribution in [3.8, 4) is 0 Å². The number of aliphatic hydroxyl groups excluding tert-OH is 1. The number of ketones is 1. The lowest BCUT2D eigenvalue weighted by Crippen LogP contribution is -2.01. The Morgan fingerprint density at radius 2 is 2.00 bits per heavy atom. The van der Waals surface area contributed by atoms with Gasteiger partial charge in [-0.3, -0.25) is 9.79 Å². The van der Waals surface area contributed by atoms with Crippen molar-refractivity contribution in [3.05, 3.63) is 27.7 Å². The van der Waals surface area contributed by atoms with Crippen LogP contribution < -0.4 is 0 Å². The molecule has 0 aliphatic carbocycles. The number of Topliss-reactive ketones (excluding diaryl/α,β-unsaturated/α-hetero) is 1. The number of hydrogen-bond donors (Lipinski definition) is 2. The zero-order valence-corrected chi connectivity index (χ0v) is 10.1. The number of allylic oxidation sites excluding steroid dienone is 2. The highest BCUT2D eigenvalue weighted by Crippen LogP contribution is 2.25.